The third kappa shape index (κ3) is 5.02. The number of hydrogen-bond donors (Lipinski definition) is 1. The highest BCUT2D eigenvalue weighted by atomic mass is 35.5. The van der Waals surface area contributed by atoms with Crippen LogP contribution in [0.2, 0.25) is 5.02 Å². The Labute approximate surface area is 166 Å². The van der Waals surface area contributed by atoms with Gasteiger partial charge in [-0.2, -0.15) is 0 Å². The molecule has 0 aliphatic heterocycles. The number of halogens is 1. The van der Waals surface area contributed by atoms with Crippen molar-refractivity contribution in [3.63, 3.8) is 0 Å². The first-order chi connectivity index (χ1) is 13.1. The molecule has 0 bridgehead atoms. The number of methoxy groups -OCH3 is 1. The van der Waals surface area contributed by atoms with Gasteiger partial charge in [-0.15, -0.1) is 10.2 Å². The predicted octanol–water partition coefficient (Wildman–Crippen LogP) is 4.20. The molecule has 3 rings (SSSR count). The number of ether oxygens (including phenoxy) is 1. The molecule has 1 atom stereocenters. The molecule has 0 aliphatic rings. The third-order valence-corrected chi connectivity index (χ3v) is 5.10. The lowest BCUT2D eigenvalue weighted by atomic mass is 10.2. The largest absolute Gasteiger partial charge is 0.497 e. The topological polar surface area (TPSA) is 77.2 Å². The Kier molecular flexibility index (Phi) is 6.36. The summed E-state index contributed by atoms with van der Waals surface area (Å²) in [5.41, 5.74) is 1.65. The Hall–Kier alpha value is -2.51. The third-order valence-electron chi connectivity index (χ3n) is 3.80. The van der Waals surface area contributed by atoms with Gasteiger partial charge in [-0.25, -0.2) is 0 Å². The van der Waals surface area contributed by atoms with Crippen molar-refractivity contribution in [1.82, 2.24) is 15.5 Å². The minimum Gasteiger partial charge on any atom is -0.497 e. The van der Waals surface area contributed by atoms with Crippen molar-refractivity contribution in [2.45, 2.75) is 23.9 Å². The Morgan fingerprint density at radius 1 is 1.22 bits per heavy atom. The molecule has 0 fully saturated rings. The quantitative estimate of drug-likeness (QED) is 0.596. The van der Waals surface area contributed by atoms with Gasteiger partial charge < -0.3 is 14.5 Å². The van der Waals surface area contributed by atoms with Crippen LogP contribution in [0.3, 0.4) is 0 Å². The number of hydrogen-bond acceptors (Lipinski definition) is 6. The summed E-state index contributed by atoms with van der Waals surface area (Å²) in [6.45, 7) is 2.15. The Morgan fingerprint density at radius 3 is 2.67 bits per heavy atom. The zero-order valence-corrected chi connectivity index (χ0v) is 16.4. The zero-order valence-electron chi connectivity index (χ0n) is 14.8. The molecule has 8 heteroatoms. The van der Waals surface area contributed by atoms with Crippen LogP contribution in [0, 0.1) is 0 Å². The van der Waals surface area contributed by atoms with Gasteiger partial charge in [0.25, 0.3) is 5.22 Å². The first-order valence-corrected chi connectivity index (χ1v) is 9.48. The van der Waals surface area contributed by atoms with E-state index in [2.05, 4.69) is 15.5 Å². The zero-order chi connectivity index (χ0) is 19.2. The van der Waals surface area contributed by atoms with Gasteiger partial charge >= 0.3 is 0 Å². The monoisotopic (exact) mass is 403 g/mol. The van der Waals surface area contributed by atoms with Gasteiger partial charge in [0.15, 0.2) is 0 Å². The van der Waals surface area contributed by atoms with Crippen LogP contribution in [0.5, 0.6) is 5.75 Å². The van der Waals surface area contributed by atoms with E-state index in [-0.39, 0.29) is 5.91 Å². The van der Waals surface area contributed by atoms with Gasteiger partial charge in [0.1, 0.15) is 5.75 Å². The molecule has 0 spiro atoms. The minimum absolute atomic E-state index is 0.135. The van der Waals surface area contributed by atoms with Crippen molar-refractivity contribution in [1.29, 1.82) is 0 Å². The maximum Gasteiger partial charge on any atom is 0.277 e. The fourth-order valence-corrected chi connectivity index (χ4v) is 3.19. The summed E-state index contributed by atoms with van der Waals surface area (Å²) in [4.78, 5) is 12.3. The highest BCUT2D eigenvalue weighted by Gasteiger charge is 2.19. The lowest BCUT2D eigenvalue weighted by Crippen LogP contribution is -2.30. The summed E-state index contributed by atoms with van der Waals surface area (Å²) in [6.07, 6.45) is 0. The van der Waals surface area contributed by atoms with Gasteiger partial charge in [-0.3, -0.25) is 4.79 Å². The second-order valence-corrected chi connectivity index (χ2v) is 7.37. The van der Waals surface area contributed by atoms with Crippen LogP contribution < -0.4 is 10.1 Å². The van der Waals surface area contributed by atoms with Crippen molar-refractivity contribution >= 4 is 29.3 Å². The van der Waals surface area contributed by atoms with Gasteiger partial charge in [0.05, 0.1) is 12.4 Å². The first-order valence-electron chi connectivity index (χ1n) is 8.22. The van der Waals surface area contributed by atoms with E-state index in [9.17, 15) is 4.79 Å². The first kappa shape index (κ1) is 19.3. The molecule has 1 aromatic heterocycles. The summed E-state index contributed by atoms with van der Waals surface area (Å²) >= 11 is 7.30. The molecule has 3 aromatic rings. The standard InChI is InChI=1S/C19H18ClN3O3S/c1-12(17(24)21-11-14-5-3-4-6-16(14)20)27-19-23-22-18(26-19)13-7-9-15(25-2)10-8-13/h3-10,12H,11H2,1-2H3,(H,21,24)/t12-/m0/s1. The van der Waals surface area contributed by atoms with Gasteiger partial charge in [0, 0.05) is 17.1 Å². The van der Waals surface area contributed by atoms with Crippen molar-refractivity contribution in [2.75, 3.05) is 7.11 Å². The molecule has 140 valence electrons. The van der Waals surface area contributed by atoms with Crippen LogP contribution in [0.1, 0.15) is 12.5 Å². The number of amides is 1. The van der Waals surface area contributed by atoms with Gasteiger partial charge in [-0.1, -0.05) is 41.6 Å². The SMILES string of the molecule is COc1ccc(-c2nnc(S[C@@H](C)C(=O)NCc3ccccc3Cl)o2)cc1. The number of aromatic nitrogens is 2. The smallest absolute Gasteiger partial charge is 0.277 e. The molecule has 27 heavy (non-hydrogen) atoms. The van der Waals surface area contributed by atoms with Crippen LogP contribution in [-0.4, -0.2) is 28.5 Å². The molecule has 6 nitrogen and oxygen atoms in total. The number of nitrogens with zero attached hydrogens (tertiary/aromatic N) is 2. The highest BCUT2D eigenvalue weighted by molar-refractivity contribution is 8.00. The van der Waals surface area contributed by atoms with Crippen molar-refractivity contribution < 1.29 is 13.9 Å². The molecule has 0 radical (unpaired) electrons. The van der Waals surface area contributed by atoms with Crippen LogP contribution in [0.4, 0.5) is 0 Å². The van der Waals surface area contributed by atoms with Crippen LogP contribution in [0.15, 0.2) is 58.2 Å². The van der Waals surface area contributed by atoms with Crippen molar-refractivity contribution in [3.05, 3.63) is 59.1 Å². The number of benzene rings is 2. The fourth-order valence-electron chi connectivity index (χ4n) is 2.28. The average Bonchev–Trinajstić information content (AvgIpc) is 3.15. The molecule has 0 saturated carbocycles. The summed E-state index contributed by atoms with van der Waals surface area (Å²) in [6, 6.07) is 14.7. The molecule has 1 amide bonds. The second-order valence-electron chi connectivity index (χ2n) is 5.67. The number of rotatable bonds is 7. The van der Waals surface area contributed by atoms with E-state index < -0.39 is 5.25 Å². The van der Waals surface area contributed by atoms with Crippen LogP contribution in [0.25, 0.3) is 11.5 Å². The number of carbonyl (C=O) groups excluding carboxylic acids is 1. The summed E-state index contributed by atoms with van der Waals surface area (Å²) in [5, 5.41) is 11.5. The van der Waals surface area contributed by atoms with Crippen molar-refractivity contribution in [2.24, 2.45) is 0 Å². The molecule has 1 heterocycles. The second kappa shape index (κ2) is 8.92. The van der Waals surface area contributed by atoms with E-state index >= 15 is 0 Å². The summed E-state index contributed by atoms with van der Waals surface area (Å²) in [7, 11) is 1.61. The molecule has 1 N–H and O–H groups in total. The normalized spacial score (nSPS) is 11.8. The van der Waals surface area contributed by atoms with E-state index in [1.807, 2.05) is 42.5 Å². The number of nitrogens with one attached hydrogen (secondary N) is 1. The van der Waals surface area contributed by atoms with Gasteiger partial charge in [-0.05, 0) is 42.8 Å². The molecule has 0 aliphatic carbocycles. The van der Waals surface area contributed by atoms with Crippen molar-refractivity contribution in [3.8, 4) is 17.2 Å². The molecular formula is C19H18ClN3O3S. The Morgan fingerprint density at radius 2 is 1.96 bits per heavy atom. The summed E-state index contributed by atoms with van der Waals surface area (Å²) in [5.74, 6) is 1.00. The van der Waals surface area contributed by atoms with E-state index in [0.717, 1.165) is 16.9 Å². The number of thioether (sulfide) groups is 1. The lowest BCUT2D eigenvalue weighted by molar-refractivity contribution is -0.120. The molecule has 0 saturated heterocycles. The Bertz CT molecular complexity index is 915. The maximum absolute atomic E-state index is 12.3. The minimum atomic E-state index is -0.392. The van der Waals surface area contributed by atoms with E-state index in [4.69, 9.17) is 20.8 Å². The van der Waals surface area contributed by atoms with E-state index in [1.54, 1.807) is 20.1 Å². The fraction of sp³-hybridized carbons (Fsp3) is 0.211. The number of carbonyl (C=O) groups is 1. The Balaban J connectivity index is 1.57. The van der Waals surface area contributed by atoms with Crippen LogP contribution >= 0.6 is 23.4 Å². The summed E-state index contributed by atoms with van der Waals surface area (Å²) < 4.78 is 10.8. The van der Waals surface area contributed by atoms with E-state index in [0.29, 0.717) is 22.7 Å². The lowest BCUT2D eigenvalue weighted by Gasteiger charge is -2.10. The molecular weight excluding hydrogens is 386 g/mol. The molecule has 2 aromatic carbocycles. The molecule has 0 unspecified atom stereocenters. The average molecular weight is 404 g/mol. The van der Waals surface area contributed by atoms with E-state index in [1.165, 1.54) is 11.8 Å². The predicted molar refractivity (Wildman–Crippen MR) is 105 cm³/mol. The maximum atomic E-state index is 12.3. The van der Waals surface area contributed by atoms with Crippen LogP contribution in [-0.2, 0) is 11.3 Å². The highest BCUT2D eigenvalue weighted by Crippen LogP contribution is 2.27. The van der Waals surface area contributed by atoms with Gasteiger partial charge in [0.2, 0.25) is 11.8 Å².